The first kappa shape index (κ1) is 19.6. The average Bonchev–Trinajstić information content (AvgIpc) is 3.53. The zero-order valence-corrected chi connectivity index (χ0v) is 16.1. The molecule has 30 heavy (non-hydrogen) atoms. The number of ether oxygens (including phenoxy) is 2. The second-order valence-electron chi connectivity index (χ2n) is 6.93. The molecule has 0 radical (unpaired) electrons. The molecule has 1 amide bonds. The Balaban J connectivity index is 1.32. The highest BCUT2D eigenvalue weighted by molar-refractivity contribution is 5.92. The number of para-hydroxylation sites is 1. The maximum Gasteiger partial charge on any atom is 0.344 e. The molecular weight excluding hydrogens is 389 g/mol. The maximum atomic E-state index is 12.9. The van der Waals surface area contributed by atoms with E-state index >= 15 is 0 Å². The van der Waals surface area contributed by atoms with E-state index in [4.69, 9.17) is 9.47 Å². The number of nitrogens with one attached hydrogen (secondary N) is 1. The number of hydrogen-bond donors (Lipinski definition) is 1. The molecule has 1 fully saturated rings. The number of nitrogens with zero attached hydrogens (tertiary/aromatic N) is 2. The zero-order valence-electron chi connectivity index (χ0n) is 16.1. The van der Waals surface area contributed by atoms with Crippen LogP contribution in [-0.2, 0) is 14.3 Å². The summed E-state index contributed by atoms with van der Waals surface area (Å²) >= 11 is 0. The van der Waals surface area contributed by atoms with E-state index in [0.717, 1.165) is 24.2 Å². The van der Waals surface area contributed by atoms with E-state index in [2.05, 4.69) is 10.4 Å². The van der Waals surface area contributed by atoms with Crippen LogP contribution in [-0.4, -0.2) is 34.9 Å². The number of carbonyl (C=O) groups is 2. The lowest BCUT2D eigenvalue weighted by Crippen LogP contribution is -2.24. The SMILES string of the molecule is O=C(COC(=O)COc1ccc(F)cc1)Nc1cc(C2CC2)nn1-c1ccccc1. The van der Waals surface area contributed by atoms with Crippen molar-refractivity contribution in [3.63, 3.8) is 0 Å². The van der Waals surface area contributed by atoms with Crippen molar-refractivity contribution >= 4 is 17.7 Å². The predicted molar refractivity (Wildman–Crippen MR) is 107 cm³/mol. The lowest BCUT2D eigenvalue weighted by Gasteiger charge is -2.10. The highest BCUT2D eigenvalue weighted by atomic mass is 19.1. The van der Waals surface area contributed by atoms with Crippen LogP contribution in [0.5, 0.6) is 5.75 Å². The van der Waals surface area contributed by atoms with E-state index in [1.807, 2.05) is 36.4 Å². The van der Waals surface area contributed by atoms with Crippen molar-refractivity contribution < 1.29 is 23.5 Å². The van der Waals surface area contributed by atoms with E-state index in [-0.39, 0.29) is 6.61 Å². The third-order valence-corrected chi connectivity index (χ3v) is 4.53. The number of halogens is 1. The smallest absolute Gasteiger partial charge is 0.344 e. The van der Waals surface area contributed by atoms with Gasteiger partial charge in [0.1, 0.15) is 17.4 Å². The van der Waals surface area contributed by atoms with Gasteiger partial charge in [-0.1, -0.05) is 18.2 Å². The van der Waals surface area contributed by atoms with Crippen molar-refractivity contribution in [2.24, 2.45) is 0 Å². The second kappa shape index (κ2) is 8.77. The van der Waals surface area contributed by atoms with Crippen LogP contribution in [0, 0.1) is 5.82 Å². The molecule has 0 atom stereocenters. The fraction of sp³-hybridized carbons (Fsp3) is 0.227. The molecule has 7 nitrogen and oxygen atoms in total. The second-order valence-corrected chi connectivity index (χ2v) is 6.93. The standard InChI is InChI=1S/C22H20FN3O4/c23-16-8-10-18(11-9-16)29-14-22(28)30-13-21(27)24-20-12-19(15-6-7-15)25-26(20)17-4-2-1-3-5-17/h1-5,8-12,15H,6-7,13-14H2,(H,24,27). The van der Waals surface area contributed by atoms with Gasteiger partial charge in [-0.3, -0.25) is 4.79 Å². The third kappa shape index (κ3) is 5.02. The monoisotopic (exact) mass is 409 g/mol. The molecule has 0 bridgehead atoms. The first-order valence-electron chi connectivity index (χ1n) is 9.58. The summed E-state index contributed by atoms with van der Waals surface area (Å²) in [5.41, 5.74) is 1.75. The van der Waals surface area contributed by atoms with Gasteiger partial charge in [-0.15, -0.1) is 0 Å². The predicted octanol–water partition coefficient (Wildman–Crippen LogP) is 3.45. The number of esters is 1. The van der Waals surface area contributed by atoms with Crippen LogP contribution in [0.2, 0.25) is 0 Å². The summed E-state index contributed by atoms with van der Waals surface area (Å²) in [6.07, 6.45) is 2.18. The average molecular weight is 409 g/mol. The number of amides is 1. The molecular formula is C22H20FN3O4. The van der Waals surface area contributed by atoms with Crippen LogP contribution in [0.15, 0.2) is 60.7 Å². The van der Waals surface area contributed by atoms with Crippen LogP contribution in [0.1, 0.15) is 24.5 Å². The number of benzene rings is 2. The summed E-state index contributed by atoms with van der Waals surface area (Å²) in [5.74, 6) is -0.314. The Hall–Kier alpha value is -3.68. The Morgan fingerprint density at radius 1 is 1.07 bits per heavy atom. The molecule has 1 N–H and O–H groups in total. The Kier molecular flexibility index (Phi) is 5.74. The summed E-state index contributed by atoms with van der Waals surface area (Å²) in [4.78, 5) is 24.1. The Morgan fingerprint density at radius 3 is 2.50 bits per heavy atom. The molecule has 154 valence electrons. The highest BCUT2D eigenvalue weighted by Gasteiger charge is 2.28. The largest absolute Gasteiger partial charge is 0.482 e. The third-order valence-electron chi connectivity index (χ3n) is 4.53. The van der Waals surface area contributed by atoms with E-state index in [1.54, 1.807) is 4.68 Å². The minimum atomic E-state index is -0.704. The van der Waals surface area contributed by atoms with E-state index in [1.165, 1.54) is 24.3 Å². The first-order chi connectivity index (χ1) is 14.6. The first-order valence-corrected chi connectivity index (χ1v) is 9.58. The molecule has 2 aromatic carbocycles. The molecule has 0 unspecified atom stereocenters. The van der Waals surface area contributed by atoms with Crippen molar-refractivity contribution in [2.75, 3.05) is 18.5 Å². The Bertz CT molecular complexity index is 1030. The van der Waals surface area contributed by atoms with Gasteiger partial charge in [0.25, 0.3) is 5.91 Å². The van der Waals surface area contributed by atoms with Crippen molar-refractivity contribution in [3.8, 4) is 11.4 Å². The lowest BCUT2D eigenvalue weighted by atomic mass is 10.3. The number of carbonyl (C=O) groups excluding carboxylic acids is 2. The molecule has 1 aromatic heterocycles. The maximum absolute atomic E-state index is 12.9. The van der Waals surface area contributed by atoms with Crippen molar-refractivity contribution in [1.29, 1.82) is 0 Å². The van der Waals surface area contributed by atoms with Gasteiger partial charge in [0.2, 0.25) is 0 Å². The molecule has 3 aromatic rings. The summed E-state index contributed by atoms with van der Waals surface area (Å²) in [7, 11) is 0. The Labute approximate surface area is 172 Å². The van der Waals surface area contributed by atoms with Gasteiger partial charge in [-0.2, -0.15) is 5.10 Å². The van der Waals surface area contributed by atoms with E-state index in [9.17, 15) is 14.0 Å². The molecule has 1 heterocycles. The molecule has 0 spiro atoms. The van der Waals surface area contributed by atoms with Gasteiger partial charge in [0, 0.05) is 12.0 Å². The number of aromatic nitrogens is 2. The summed E-state index contributed by atoms with van der Waals surface area (Å²) in [6.45, 7) is -0.836. The molecule has 4 rings (SSSR count). The fourth-order valence-corrected chi connectivity index (χ4v) is 2.87. The number of hydrogen-bond acceptors (Lipinski definition) is 5. The highest BCUT2D eigenvalue weighted by Crippen LogP contribution is 2.40. The van der Waals surface area contributed by atoms with Crippen molar-refractivity contribution in [3.05, 3.63) is 72.2 Å². The van der Waals surface area contributed by atoms with Crippen LogP contribution < -0.4 is 10.1 Å². The normalized spacial score (nSPS) is 13.0. The minimum Gasteiger partial charge on any atom is -0.482 e. The van der Waals surface area contributed by atoms with Crippen molar-refractivity contribution in [2.45, 2.75) is 18.8 Å². The molecule has 0 saturated heterocycles. The number of anilines is 1. The summed E-state index contributed by atoms with van der Waals surface area (Å²) in [5, 5.41) is 7.36. The van der Waals surface area contributed by atoms with E-state index < -0.39 is 24.3 Å². The molecule has 8 heteroatoms. The van der Waals surface area contributed by atoms with Crippen molar-refractivity contribution in [1.82, 2.24) is 9.78 Å². The van der Waals surface area contributed by atoms with Gasteiger partial charge in [-0.25, -0.2) is 13.9 Å². The quantitative estimate of drug-likeness (QED) is 0.576. The summed E-state index contributed by atoms with van der Waals surface area (Å²) in [6, 6.07) is 16.6. The van der Waals surface area contributed by atoms with E-state index in [0.29, 0.717) is 17.5 Å². The van der Waals surface area contributed by atoms with Gasteiger partial charge < -0.3 is 14.8 Å². The molecule has 1 aliphatic carbocycles. The van der Waals surface area contributed by atoms with Crippen LogP contribution in [0.4, 0.5) is 10.2 Å². The fourth-order valence-electron chi connectivity index (χ4n) is 2.87. The zero-order chi connectivity index (χ0) is 20.9. The Morgan fingerprint density at radius 2 is 1.80 bits per heavy atom. The van der Waals surface area contributed by atoms with Gasteiger partial charge in [0.05, 0.1) is 11.4 Å². The number of rotatable bonds is 8. The van der Waals surface area contributed by atoms with Crippen LogP contribution in [0.25, 0.3) is 5.69 Å². The summed E-state index contributed by atoms with van der Waals surface area (Å²) < 4.78 is 24.7. The molecule has 0 aliphatic heterocycles. The van der Waals surface area contributed by atoms with Crippen LogP contribution >= 0.6 is 0 Å². The molecule has 1 saturated carbocycles. The van der Waals surface area contributed by atoms with Gasteiger partial charge in [0.15, 0.2) is 13.2 Å². The van der Waals surface area contributed by atoms with Gasteiger partial charge >= 0.3 is 5.97 Å². The topological polar surface area (TPSA) is 82.5 Å². The molecule has 1 aliphatic rings. The minimum absolute atomic E-state index is 0.331. The van der Waals surface area contributed by atoms with Gasteiger partial charge in [-0.05, 0) is 49.2 Å². The van der Waals surface area contributed by atoms with Crippen LogP contribution in [0.3, 0.4) is 0 Å². The lowest BCUT2D eigenvalue weighted by molar-refractivity contribution is -0.149.